The molecular formula is C18H32N2O. The van der Waals surface area contributed by atoms with Crippen LogP contribution in [-0.2, 0) is 4.79 Å². The fraction of sp³-hybridized carbons (Fsp3) is 0.944. The maximum Gasteiger partial charge on any atom is 0.225 e. The zero-order valence-electron chi connectivity index (χ0n) is 13.6. The zero-order valence-corrected chi connectivity index (χ0v) is 13.6. The number of carbonyl (C=O) groups excluding carboxylic acids is 1. The molecule has 0 unspecified atom stereocenters. The van der Waals surface area contributed by atoms with Crippen LogP contribution in [-0.4, -0.2) is 48.4 Å². The fourth-order valence-electron chi connectivity index (χ4n) is 4.49. The van der Waals surface area contributed by atoms with E-state index < -0.39 is 0 Å². The Bertz CT molecular complexity index is 324. The van der Waals surface area contributed by atoms with Gasteiger partial charge >= 0.3 is 0 Å². The molecule has 3 fully saturated rings. The molecule has 1 heterocycles. The largest absolute Gasteiger partial charge is 0.340 e. The minimum atomic E-state index is 0.351. The van der Waals surface area contributed by atoms with Gasteiger partial charge < -0.3 is 4.90 Å². The first-order valence-electron chi connectivity index (χ1n) is 9.34. The van der Waals surface area contributed by atoms with Crippen LogP contribution in [0.1, 0.15) is 64.2 Å². The predicted octanol–water partition coefficient (Wildman–Crippen LogP) is 3.29. The zero-order chi connectivity index (χ0) is 14.5. The van der Waals surface area contributed by atoms with Crippen LogP contribution in [0.25, 0.3) is 0 Å². The summed E-state index contributed by atoms with van der Waals surface area (Å²) in [5.41, 5.74) is 0. The van der Waals surface area contributed by atoms with Gasteiger partial charge in [-0.2, -0.15) is 0 Å². The Morgan fingerprint density at radius 2 is 1.33 bits per heavy atom. The normalized spacial score (nSPS) is 27.0. The fourth-order valence-corrected chi connectivity index (χ4v) is 4.49. The van der Waals surface area contributed by atoms with E-state index in [1.54, 1.807) is 0 Å². The van der Waals surface area contributed by atoms with Gasteiger partial charge in [-0.3, -0.25) is 9.69 Å². The second-order valence-electron chi connectivity index (χ2n) is 7.46. The molecule has 0 N–H and O–H groups in total. The summed E-state index contributed by atoms with van der Waals surface area (Å²) in [5, 5.41) is 0. The molecule has 21 heavy (non-hydrogen) atoms. The van der Waals surface area contributed by atoms with Crippen molar-refractivity contribution in [2.75, 3.05) is 32.7 Å². The Morgan fingerprint density at radius 3 is 1.95 bits per heavy atom. The van der Waals surface area contributed by atoms with Crippen LogP contribution in [0.4, 0.5) is 0 Å². The number of amides is 1. The second-order valence-corrected chi connectivity index (χ2v) is 7.46. The summed E-state index contributed by atoms with van der Waals surface area (Å²) in [6.45, 7) is 5.44. The Balaban J connectivity index is 1.40. The molecule has 0 atom stereocenters. The molecule has 2 aliphatic carbocycles. The van der Waals surface area contributed by atoms with Crippen molar-refractivity contribution in [3.63, 3.8) is 0 Å². The smallest absolute Gasteiger partial charge is 0.225 e. The van der Waals surface area contributed by atoms with E-state index in [4.69, 9.17) is 0 Å². The maximum absolute atomic E-state index is 12.6. The van der Waals surface area contributed by atoms with Gasteiger partial charge in [-0.25, -0.2) is 0 Å². The monoisotopic (exact) mass is 292 g/mol. The molecule has 3 aliphatic rings. The van der Waals surface area contributed by atoms with Gasteiger partial charge in [0.25, 0.3) is 0 Å². The molecule has 1 aliphatic heterocycles. The average Bonchev–Trinajstić information content (AvgIpc) is 2.57. The molecule has 0 aromatic carbocycles. The Hall–Kier alpha value is -0.570. The second kappa shape index (κ2) is 7.62. The summed E-state index contributed by atoms with van der Waals surface area (Å²) in [7, 11) is 0. The molecule has 1 amide bonds. The number of piperazine rings is 1. The summed E-state index contributed by atoms with van der Waals surface area (Å²) in [4.78, 5) is 17.3. The van der Waals surface area contributed by atoms with Crippen LogP contribution in [0.5, 0.6) is 0 Å². The first kappa shape index (κ1) is 15.3. The topological polar surface area (TPSA) is 23.6 Å². The first-order chi connectivity index (χ1) is 10.3. The molecule has 3 nitrogen and oxygen atoms in total. The van der Waals surface area contributed by atoms with E-state index in [2.05, 4.69) is 9.80 Å². The SMILES string of the molecule is O=C(C1CCCCC1)N1CCN(CC2CCCCC2)CC1. The number of rotatable bonds is 3. The molecule has 120 valence electrons. The number of carbonyl (C=O) groups is 1. The molecule has 1 saturated heterocycles. The van der Waals surface area contributed by atoms with Gasteiger partial charge in [0.1, 0.15) is 0 Å². The Labute approximate surface area is 130 Å². The van der Waals surface area contributed by atoms with E-state index in [9.17, 15) is 4.79 Å². The van der Waals surface area contributed by atoms with Gasteiger partial charge in [0.15, 0.2) is 0 Å². The Morgan fingerprint density at radius 1 is 0.762 bits per heavy atom. The standard InChI is InChI=1S/C18H32N2O/c21-18(17-9-5-2-6-10-17)20-13-11-19(12-14-20)15-16-7-3-1-4-8-16/h16-17H,1-15H2. The van der Waals surface area contributed by atoms with Gasteiger partial charge in [-0.05, 0) is 31.6 Å². The molecule has 2 saturated carbocycles. The van der Waals surface area contributed by atoms with E-state index in [0.29, 0.717) is 11.8 Å². The first-order valence-corrected chi connectivity index (χ1v) is 9.34. The number of hydrogen-bond acceptors (Lipinski definition) is 2. The van der Waals surface area contributed by atoms with Gasteiger partial charge in [-0.1, -0.05) is 38.5 Å². The van der Waals surface area contributed by atoms with Crippen molar-refractivity contribution in [3.8, 4) is 0 Å². The van der Waals surface area contributed by atoms with E-state index in [1.165, 1.54) is 57.9 Å². The average molecular weight is 292 g/mol. The minimum Gasteiger partial charge on any atom is -0.340 e. The van der Waals surface area contributed by atoms with Crippen LogP contribution in [0.3, 0.4) is 0 Å². The lowest BCUT2D eigenvalue weighted by Gasteiger charge is -2.39. The third-order valence-corrected chi connectivity index (χ3v) is 5.88. The highest BCUT2D eigenvalue weighted by molar-refractivity contribution is 5.79. The Kier molecular flexibility index (Phi) is 5.56. The predicted molar refractivity (Wildman–Crippen MR) is 86.2 cm³/mol. The third kappa shape index (κ3) is 4.21. The summed E-state index contributed by atoms with van der Waals surface area (Å²) < 4.78 is 0. The highest BCUT2D eigenvalue weighted by Crippen LogP contribution is 2.27. The van der Waals surface area contributed by atoms with Crippen LogP contribution in [0.15, 0.2) is 0 Å². The van der Waals surface area contributed by atoms with Gasteiger partial charge in [0, 0.05) is 38.6 Å². The molecule has 0 radical (unpaired) electrons. The highest BCUT2D eigenvalue weighted by atomic mass is 16.2. The molecule has 0 aromatic heterocycles. The summed E-state index contributed by atoms with van der Waals surface area (Å²) in [6.07, 6.45) is 13.3. The third-order valence-electron chi connectivity index (χ3n) is 5.88. The molecule has 3 rings (SSSR count). The van der Waals surface area contributed by atoms with E-state index in [-0.39, 0.29) is 0 Å². The van der Waals surface area contributed by atoms with Gasteiger partial charge in [0.05, 0.1) is 0 Å². The van der Waals surface area contributed by atoms with Crippen molar-refractivity contribution in [1.29, 1.82) is 0 Å². The molecule has 0 spiro atoms. The summed E-state index contributed by atoms with van der Waals surface area (Å²) in [5.74, 6) is 1.75. The van der Waals surface area contributed by atoms with E-state index in [0.717, 1.165) is 44.9 Å². The summed E-state index contributed by atoms with van der Waals surface area (Å²) in [6, 6.07) is 0. The lowest BCUT2D eigenvalue weighted by atomic mass is 9.88. The molecule has 3 heteroatoms. The lowest BCUT2D eigenvalue weighted by molar-refractivity contribution is -0.138. The number of nitrogens with zero attached hydrogens (tertiary/aromatic N) is 2. The minimum absolute atomic E-state index is 0.351. The van der Waals surface area contributed by atoms with E-state index in [1.807, 2.05) is 0 Å². The quantitative estimate of drug-likeness (QED) is 0.797. The van der Waals surface area contributed by atoms with Crippen LogP contribution in [0, 0.1) is 11.8 Å². The maximum atomic E-state index is 12.6. The number of hydrogen-bond donors (Lipinski definition) is 0. The van der Waals surface area contributed by atoms with Gasteiger partial charge in [0.2, 0.25) is 5.91 Å². The van der Waals surface area contributed by atoms with Crippen molar-refractivity contribution in [3.05, 3.63) is 0 Å². The van der Waals surface area contributed by atoms with Crippen LogP contribution in [0.2, 0.25) is 0 Å². The van der Waals surface area contributed by atoms with E-state index >= 15 is 0 Å². The highest BCUT2D eigenvalue weighted by Gasteiger charge is 2.29. The summed E-state index contributed by atoms with van der Waals surface area (Å²) >= 11 is 0. The van der Waals surface area contributed by atoms with Gasteiger partial charge in [-0.15, -0.1) is 0 Å². The van der Waals surface area contributed by atoms with Crippen LogP contribution >= 0.6 is 0 Å². The van der Waals surface area contributed by atoms with Crippen molar-refractivity contribution < 1.29 is 4.79 Å². The van der Waals surface area contributed by atoms with Crippen LogP contribution < -0.4 is 0 Å². The molecule has 0 aromatic rings. The van der Waals surface area contributed by atoms with Crippen molar-refractivity contribution >= 4 is 5.91 Å². The van der Waals surface area contributed by atoms with Crippen molar-refractivity contribution in [2.45, 2.75) is 64.2 Å². The van der Waals surface area contributed by atoms with Crippen molar-refractivity contribution in [2.24, 2.45) is 11.8 Å². The lowest BCUT2D eigenvalue weighted by Crippen LogP contribution is -2.51. The molecular weight excluding hydrogens is 260 g/mol. The van der Waals surface area contributed by atoms with Crippen molar-refractivity contribution in [1.82, 2.24) is 9.80 Å². The molecule has 0 bridgehead atoms.